The van der Waals surface area contributed by atoms with Crippen LogP contribution >= 0.6 is 0 Å². The number of nitrogens with one attached hydrogen (secondary N) is 2. The van der Waals surface area contributed by atoms with Gasteiger partial charge in [-0.25, -0.2) is 0 Å². The second-order valence-electron chi connectivity index (χ2n) is 11.2. The Balaban J connectivity index is 1.52. The minimum absolute atomic E-state index is 0.0272. The van der Waals surface area contributed by atoms with Crippen molar-refractivity contribution in [2.24, 2.45) is 11.8 Å². The number of hydrogen-bond acceptors (Lipinski definition) is 4. The number of anilines is 1. The molecule has 2 aromatic carbocycles. The van der Waals surface area contributed by atoms with Crippen LogP contribution in [-0.2, 0) is 4.79 Å². The molecule has 2 aliphatic carbocycles. The Hall–Kier alpha value is -3.29. The molecule has 0 heterocycles. The summed E-state index contributed by atoms with van der Waals surface area (Å²) in [6.45, 7) is 2.66. The highest BCUT2D eigenvalue weighted by molar-refractivity contribution is 6.08. The van der Waals surface area contributed by atoms with Gasteiger partial charge in [0.1, 0.15) is 5.75 Å². The van der Waals surface area contributed by atoms with E-state index in [2.05, 4.69) is 19.1 Å². The molecule has 0 bridgehead atoms. The largest absolute Gasteiger partial charge is 0.496 e. The van der Waals surface area contributed by atoms with Crippen molar-refractivity contribution in [3.05, 3.63) is 65.4 Å². The third kappa shape index (κ3) is 7.67. The van der Waals surface area contributed by atoms with E-state index in [9.17, 15) is 18.0 Å². The third-order valence-electron chi connectivity index (χ3n) is 8.44. The molecule has 216 valence electrons. The highest BCUT2D eigenvalue weighted by atomic mass is 19.4. The van der Waals surface area contributed by atoms with Crippen LogP contribution in [0.5, 0.6) is 5.75 Å². The van der Waals surface area contributed by atoms with Gasteiger partial charge in [-0.1, -0.05) is 43.5 Å². The lowest BCUT2D eigenvalue weighted by atomic mass is 9.78. The van der Waals surface area contributed by atoms with Gasteiger partial charge in [0, 0.05) is 36.1 Å². The van der Waals surface area contributed by atoms with E-state index in [1.165, 1.54) is 10.9 Å². The smallest absolute Gasteiger partial charge is 0.481 e. The van der Waals surface area contributed by atoms with Gasteiger partial charge >= 0.3 is 6.30 Å². The summed E-state index contributed by atoms with van der Waals surface area (Å²) < 4.78 is 43.7. The van der Waals surface area contributed by atoms with Crippen LogP contribution in [0.4, 0.5) is 18.9 Å². The van der Waals surface area contributed by atoms with Crippen LogP contribution < -0.4 is 15.0 Å². The Labute approximate surface area is 235 Å². The first-order chi connectivity index (χ1) is 19.2. The molecule has 0 saturated heterocycles. The maximum atomic E-state index is 13.9. The number of nitrogens with zero attached hydrogens (tertiary/aromatic N) is 1. The fourth-order valence-corrected chi connectivity index (χ4v) is 6.21. The van der Waals surface area contributed by atoms with Crippen molar-refractivity contribution in [3.63, 3.8) is 0 Å². The van der Waals surface area contributed by atoms with Gasteiger partial charge < -0.3 is 20.4 Å². The van der Waals surface area contributed by atoms with Crippen molar-refractivity contribution in [1.29, 1.82) is 5.41 Å². The Bertz CT molecular complexity index is 1200. The van der Waals surface area contributed by atoms with Gasteiger partial charge in [-0.3, -0.25) is 4.79 Å². The van der Waals surface area contributed by atoms with E-state index in [0.717, 1.165) is 81.5 Å². The molecule has 40 heavy (non-hydrogen) atoms. The molecule has 0 aromatic heterocycles. The van der Waals surface area contributed by atoms with Crippen LogP contribution in [0.2, 0.25) is 0 Å². The summed E-state index contributed by atoms with van der Waals surface area (Å²) in [7, 11) is 1.69. The monoisotopic (exact) mass is 555 g/mol. The molecule has 2 aromatic rings. The lowest BCUT2D eigenvalue weighted by molar-refractivity contribution is -0.146. The summed E-state index contributed by atoms with van der Waals surface area (Å²) in [4.78, 5) is 15.7. The predicted molar refractivity (Wildman–Crippen MR) is 154 cm³/mol. The molecule has 0 atom stereocenters. The first-order valence-corrected chi connectivity index (χ1v) is 14.3. The zero-order chi connectivity index (χ0) is 28.7. The number of carbonyl (C=O) groups excluding carboxylic acids is 1. The van der Waals surface area contributed by atoms with Crippen LogP contribution in [0, 0.1) is 24.2 Å². The van der Waals surface area contributed by atoms with E-state index in [0.29, 0.717) is 29.6 Å². The summed E-state index contributed by atoms with van der Waals surface area (Å²) in [5, 5.41) is 9.06. The third-order valence-corrected chi connectivity index (χ3v) is 8.44. The molecular weight excluding hydrogens is 515 g/mol. The van der Waals surface area contributed by atoms with E-state index in [4.69, 9.17) is 10.1 Å². The lowest BCUT2D eigenvalue weighted by Crippen LogP contribution is -2.41. The summed E-state index contributed by atoms with van der Waals surface area (Å²) in [6.07, 6.45) is 6.19. The normalized spacial score (nSPS) is 20.6. The molecule has 0 spiro atoms. The number of aryl methyl sites for hydroxylation is 1. The van der Waals surface area contributed by atoms with Crippen LogP contribution in [-0.4, -0.2) is 32.1 Å². The van der Waals surface area contributed by atoms with Crippen LogP contribution in [0.15, 0.2) is 48.7 Å². The summed E-state index contributed by atoms with van der Waals surface area (Å²) in [5.41, 5.74) is 3.71. The Morgan fingerprint density at radius 2 is 1.77 bits per heavy atom. The van der Waals surface area contributed by atoms with Gasteiger partial charge in [0.2, 0.25) is 5.91 Å². The van der Waals surface area contributed by atoms with E-state index in [-0.39, 0.29) is 17.4 Å². The molecular formula is C32H40F3N3O2. The van der Waals surface area contributed by atoms with Gasteiger partial charge in [0.25, 0.3) is 0 Å². The van der Waals surface area contributed by atoms with Gasteiger partial charge in [-0.2, -0.15) is 13.2 Å². The number of allylic oxidation sites excluding steroid dienone is 1. The quantitative estimate of drug-likeness (QED) is 0.243. The SMILES string of the molecule is COc1ccc(C2CCC(CN(C(=O)C3CCCCC3)c3cccc(/C(C=N)=C/NC(F)(F)F)c3)CC2)cc1C. The van der Waals surface area contributed by atoms with Crippen LogP contribution in [0.1, 0.15) is 80.4 Å². The number of benzene rings is 2. The molecule has 0 aliphatic heterocycles. The molecule has 1 amide bonds. The molecule has 8 heteroatoms. The number of methoxy groups -OCH3 is 1. The fourth-order valence-electron chi connectivity index (χ4n) is 6.21. The fraction of sp³-hybridized carbons (Fsp3) is 0.500. The summed E-state index contributed by atoms with van der Waals surface area (Å²) in [5.74, 6) is 1.80. The molecule has 0 unspecified atom stereocenters. The number of amides is 1. The predicted octanol–water partition coefficient (Wildman–Crippen LogP) is 7.99. The highest BCUT2D eigenvalue weighted by Crippen LogP contribution is 2.39. The number of rotatable bonds is 9. The standard InChI is InChI=1S/C32H40F3N3O2/c1-22-17-27(15-16-30(22)40-2)24-13-11-23(12-14-24)21-38(31(39)25-7-4-3-5-8-25)29-10-6-9-26(18-29)28(19-36)20-37-32(33,34)35/h6,9-10,15-20,23-25,36-37H,3-5,7-8,11-14,21H2,1-2H3/b28-20+,36-19?. The van der Waals surface area contributed by atoms with E-state index in [1.807, 2.05) is 17.0 Å². The summed E-state index contributed by atoms with van der Waals surface area (Å²) >= 11 is 0. The molecule has 2 aliphatic rings. The van der Waals surface area contributed by atoms with E-state index >= 15 is 0 Å². The Kier molecular flexibility index (Phi) is 9.93. The summed E-state index contributed by atoms with van der Waals surface area (Å²) in [6, 6.07) is 13.4. The van der Waals surface area contributed by atoms with Crippen molar-refractivity contribution >= 4 is 23.4 Å². The molecule has 4 rings (SSSR count). The van der Waals surface area contributed by atoms with Gasteiger partial charge in [0.15, 0.2) is 0 Å². The first-order valence-electron chi connectivity index (χ1n) is 14.3. The van der Waals surface area contributed by atoms with Crippen LogP contribution in [0.25, 0.3) is 5.57 Å². The van der Waals surface area contributed by atoms with Gasteiger partial charge in [-0.05, 0) is 92.2 Å². The zero-order valence-electron chi connectivity index (χ0n) is 23.4. The van der Waals surface area contributed by atoms with Crippen molar-refractivity contribution in [3.8, 4) is 5.75 Å². The molecule has 2 fully saturated rings. The van der Waals surface area contributed by atoms with Crippen LogP contribution in [0.3, 0.4) is 0 Å². The van der Waals surface area contributed by atoms with E-state index in [1.54, 1.807) is 25.3 Å². The molecule has 5 nitrogen and oxygen atoms in total. The molecule has 2 saturated carbocycles. The van der Waals surface area contributed by atoms with Gasteiger partial charge in [-0.15, -0.1) is 0 Å². The minimum atomic E-state index is -4.59. The zero-order valence-corrected chi connectivity index (χ0v) is 23.4. The van der Waals surface area contributed by atoms with Crippen molar-refractivity contribution in [2.75, 3.05) is 18.6 Å². The van der Waals surface area contributed by atoms with Crippen molar-refractivity contribution < 1.29 is 22.7 Å². The Morgan fingerprint density at radius 1 is 1.05 bits per heavy atom. The molecule has 2 N–H and O–H groups in total. The number of ether oxygens (including phenoxy) is 1. The van der Waals surface area contributed by atoms with Gasteiger partial charge in [0.05, 0.1) is 7.11 Å². The number of hydrogen-bond donors (Lipinski definition) is 2. The molecule has 0 radical (unpaired) electrons. The average Bonchev–Trinajstić information content (AvgIpc) is 2.96. The maximum absolute atomic E-state index is 13.9. The second kappa shape index (κ2) is 13.4. The van der Waals surface area contributed by atoms with Crippen molar-refractivity contribution in [2.45, 2.75) is 76.9 Å². The first kappa shape index (κ1) is 29.7. The second-order valence-corrected chi connectivity index (χ2v) is 11.2. The highest BCUT2D eigenvalue weighted by Gasteiger charge is 2.31. The maximum Gasteiger partial charge on any atom is 0.481 e. The number of alkyl halides is 3. The van der Waals surface area contributed by atoms with E-state index < -0.39 is 6.30 Å². The lowest BCUT2D eigenvalue weighted by Gasteiger charge is -2.35. The number of halogens is 3. The van der Waals surface area contributed by atoms with Crippen molar-refractivity contribution in [1.82, 2.24) is 5.32 Å². The number of carbonyl (C=O) groups is 1. The minimum Gasteiger partial charge on any atom is -0.496 e. The topological polar surface area (TPSA) is 65.4 Å². The average molecular weight is 556 g/mol. The Morgan fingerprint density at radius 3 is 2.40 bits per heavy atom.